The van der Waals surface area contributed by atoms with Crippen molar-refractivity contribution in [2.45, 2.75) is 59.3 Å². The molecule has 0 aliphatic carbocycles. The number of allylic oxidation sites excluding steroid dienone is 1. The number of ether oxygens (including phenoxy) is 1. The highest BCUT2D eigenvalue weighted by atomic mass is 32.2. The molecule has 6 heteroatoms. The molecule has 27 heavy (non-hydrogen) atoms. The van der Waals surface area contributed by atoms with Crippen molar-refractivity contribution in [2.75, 3.05) is 19.0 Å². The van der Waals surface area contributed by atoms with Crippen LogP contribution in [0.2, 0.25) is 0 Å². The predicted octanol–water partition coefficient (Wildman–Crippen LogP) is 4.30. The lowest BCUT2D eigenvalue weighted by Gasteiger charge is -2.28. The van der Waals surface area contributed by atoms with E-state index in [1.165, 1.54) is 6.08 Å². The average molecular weight is 394 g/mol. The van der Waals surface area contributed by atoms with Gasteiger partial charge >= 0.3 is 0 Å². The van der Waals surface area contributed by atoms with Crippen LogP contribution in [0.15, 0.2) is 17.0 Å². The largest absolute Gasteiger partial charge is 0.507 e. The molecule has 0 radical (unpaired) electrons. The van der Waals surface area contributed by atoms with E-state index in [1.54, 1.807) is 25.1 Å². The number of hydrogen-bond donors (Lipinski definition) is 1. The number of phenols is 1. The van der Waals surface area contributed by atoms with Crippen LogP contribution in [0.1, 0.15) is 65.2 Å². The van der Waals surface area contributed by atoms with Crippen LogP contribution in [0.25, 0.3) is 6.08 Å². The maximum Gasteiger partial charge on any atom is 0.190 e. The lowest BCUT2D eigenvalue weighted by Crippen LogP contribution is -2.17. The van der Waals surface area contributed by atoms with Crippen molar-refractivity contribution in [2.24, 2.45) is 0 Å². The molecule has 1 rings (SSSR count). The van der Waals surface area contributed by atoms with Crippen molar-refractivity contribution in [3.05, 3.63) is 33.7 Å². The van der Waals surface area contributed by atoms with Crippen LogP contribution in [0.3, 0.4) is 0 Å². The molecule has 0 spiro atoms. The highest BCUT2D eigenvalue weighted by molar-refractivity contribution is 7.95. The van der Waals surface area contributed by atoms with E-state index in [9.17, 15) is 18.8 Å². The third-order valence-corrected chi connectivity index (χ3v) is 5.78. The Balaban J connectivity index is 3.57. The van der Waals surface area contributed by atoms with Gasteiger partial charge in [0.05, 0.1) is 12.4 Å². The van der Waals surface area contributed by atoms with E-state index in [0.717, 1.165) is 0 Å². The summed E-state index contributed by atoms with van der Waals surface area (Å²) in [4.78, 5) is -0.299. The molecular formula is C21H31NO4S. The highest BCUT2D eigenvalue weighted by Gasteiger charge is 2.27. The first-order chi connectivity index (χ1) is 12.2. The van der Waals surface area contributed by atoms with Gasteiger partial charge in [-0.25, -0.2) is 8.42 Å². The Bertz CT molecular complexity index is 813. The van der Waals surface area contributed by atoms with Gasteiger partial charge in [0.15, 0.2) is 9.84 Å². The highest BCUT2D eigenvalue weighted by Crippen LogP contribution is 2.40. The van der Waals surface area contributed by atoms with E-state index < -0.39 is 9.84 Å². The summed E-state index contributed by atoms with van der Waals surface area (Å²) in [5.74, 6) is -0.0267. The van der Waals surface area contributed by atoms with Crippen LogP contribution in [0.4, 0.5) is 0 Å². The zero-order valence-corrected chi connectivity index (χ0v) is 18.2. The number of rotatable bonds is 6. The number of aromatic hydroxyl groups is 1. The number of phenolic OH excluding ortho intramolecular Hbond substituents is 1. The molecule has 0 bridgehead atoms. The van der Waals surface area contributed by atoms with E-state index in [-0.39, 0.29) is 33.8 Å². The zero-order valence-electron chi connectivity index (χ0n) is 17.4. The number of nitriles is 1. The van der Waals surface area contributed by atoms with Crippen LogP contribution in [0, 0.1) is 11.3 Å². The quantitative estimate of drug-likeness (QED) is 0.575. The summed E-state index contributed by atoms with van der Waals surface area (Å²) in [6.45, 7) is 14.1. The summed E-state index contributed by atoms with van der Waals surface area (Å²) < 4.78 is 30.0. The van der Waals surface area contributed by atoms with Crippen molar-refractivity contribution >= 4 is 15.9 Å². The SMILES string of the molecule is CCOCCS(=O)(=O)/C(C#N)=C/c1cc(C(C)(C)C)c(O)c(C(C)(C)C)c1. The molecular weight excluding hydrogens is 362 g/mol. The second kappa shape index (κ2) is 8.45. The standard InChI is InChI=1S/C21H31NO4S/c1-8-26-9-10-27(24,25)16(14-22)11-15-12-17(20(2,3)4)19(23)18(13-15)21(5,6)7/h11-13,23H,8-10H2,1-7H3/b16-11+. The van der Waals surface area contributed by atoms with Gasteiger partial charge in [0, 0.05) is 17.7 Å². The third-order valence-electron chi connectivity index (χ3n) is 4.19. The summed E-state index contributed by atoms with van der Waals surface area (Å²) in [6, 6.07) is 5.30. The molecule has 0 aromatic heterocycles. The Morgan fingerprint density at radius 3 is 2.00 bits per heavy atom. The first kappa shape index (κ1) is 23.2. The summed E-state index contributed by atoms with van der Waals surface area (Å²) >= 11 is 0. The van der Waals surface area contributed by atoms with E-state index in [1.807, 2.05) is 41.5 Å². The fourth-order valence-electron chi connectivity index (χ4n) is 2.65. The minimum atomic E-state index is -3.74. The van der Waals surface area contributed by atoms with Crippen LogP contribution in [0.5, 0.6) is 5.75 Å². The van der Waals surface area contributed by atoms with Gasteiger partial charge in [0.1, 0.15) is 16.7 Å². The molecule has 5 nitrogen and oxygen atoms in total. The maximum absolute atomic E-state index is 12.5. The van der Waals surface area contributed by atoms with Crippen molar-refractivity contribution in [1.29, 1.82) is 5.26 Å². The van der Waals surface area contributed by atoms with Gasteiger partial charge in [-0.2, -0.15) is 5.26 Å². The molecule has 0 fully saturated rings. The molecule has 0 saturated heterocycles. The molecule has 0 heterocycles. The maximum atomic E-state index is 12.5. The van der Waals surface area contributed by atoms with E-state index in [2.05, 4.69) is 0 Å². The lowest BCUT2D eigenvalue weighted by molar-refractivity contribution is 0.163. The number of sulfone groups is 1. The minimum absolute atomic E-state index is 0.0495. The monoisotopic (exact) mass is 393 g/mol. The molecule has 0 saturated carbocycles. The molecule has 150 valence electrons. The second-order valence-electron chi connectivity index (χ2n) is 8.60. The average Bonchev–Trinajstić information content (AvgIpc) is 2.51. The number of hydrogen-bond acceptors (Lipinski definition) is 5. The van der Waals surface area contributed by atoms with Crippen molar-refractivity contribution in [3.8, 4) is 11.8 Å². The van der Waals surface area contributed by atoms with Crippen molar-refractivity contribution < 1.29 is 18.3 Å². The lowest BCUT2D eigenvalue weighted by atomic mass is 9.78. The van der Waals surface area contributed by atoms with Gasteiger partial charge in [-0.15, -0.1) is 0 Å². The van der Waals surface area contributed by atoms with Gasteiger partial charge in [-0.1, -0.05) is 41.5 Å². The Morgan fingerprint density at radius 2 is 1.63 bits per heavy atom. The molecule has 0 atom stereocenters. The second-order valence-corrected chi connectivity index (χ2v) is 10.7. The number of benzene rings is 1. The van der Waals surface area contributed by atoms with Crippen LogP contribution >= 0.6 is 0 Å². The first-order valence-corrected chi connectivity index (χ1v) is 10.7. The molecule has 1 N–H and O–H groups in total. The van der Waals surface area contributed by atoms with Gasteiger partial charge in [-0.05, 0) is 41.5 Å². The number of nitrogens with zero attached hydrogens (tertiary/aromatic N) is 1. The molecule has 0 unspecified atom stereocenters. The fourth-order valence-corrected chi connectivity index (χ4v) is 3.66. The molecule has 1 aromatic rings. The smallest absolute Gasteiger partial charge is 0.190 e. The Kier molecular flexibility index (Phi) is 7.26. The van der Waals surface area contributed by atoms with Gasteiger partial charge in [0.2, 0.25) is 0 Å². The topological polar surface area (TPSA) is 87.4 Å². The Morgan fingerprint density at radius 1 is 1.15 bits per heavy atom. The van der Waals surface area contributed by atoms with Gasteiger partial charge < -0.3 is 9.84 Å². The minimum Gasteiger partial charge on any atom is -0.507 e. The summed E-state index contributed by atoms with van der Waals surface area (Å²) in [5, 5.41) is 20.2. The van der Waals surface area contributed by atoms with Gasteiger partial charge in [0.25, 0.3) is 0 Å². The van der Waals surface area contributed by atoms with Crippen LogP contribution in [-0.4, -0.2) is 32.5 Å². The summed E-state index contributed by atoms with van der Waals surface area (Å²) in [7, 11) is -3.74. The third kappa shape index (κ3) is 6.08. The van der Waals surface area contributed by atoms with Crippen LogP contribution in [-0.2, 0) is 25.4 Å². The molecule has 0 amide bonds. The Labute approximate surface area is 163 Å². The van der Waals surface area contributed by atoms with Crippen molar-refractivity contribution in [3.63, 3.8) is 0 Å². The summed E-state index contributed by atoms with van der Waals surface area (Å²) in [5.41, 5.74) is 1.33. The molecule has 0 aliphatic rings. The summed E-state index contributed by atoms with van der Waals surface area (Å²) in [6.07, 6.45) is 1.38. The fraction of sp³-hybridized carbons (Fsp3) is 0.571. The van der Waals surface area contributed by atoms with E-state index in [4.69, 9.17) is 4.74 Å². The van der Waals surface area contributed by atoms with Gasteiger partial charge in [-0.3, -0.25) is 0 Å². The normalized spacial score (nSPS) is 13.5. The van der Waals surface area contributed by atoms with E-state index in [0.29, 0.717) is 23.3 Å². The first-order valence-electron chi connectivity index (χ1n) is 9.04. The van der Waals surface area contributed by atoms with E-state index >= 15 is 0 Å². The van der Waals surface area contributed by atoms with Crippen LogP contribution < -0.4 is 0 Å². The Hall–Kier alpha value is -1.84. The predicted molar refractivity (Wildman–Crippen MR) is 109 cm³/mol. The molecule has 1 aromatic carbocycles. The molecule has 0 aliphatic heterocycles. The zero-order chi connectivity index (χ0) is 21.0. The van der Waals surface area contributed by atoms with Crippen molar-refractivity contribution in [1.82, 2.24) is 0 Å².